The molecule has 0 amide bonds. The average Bonchev–Trinajstić information content (AvgIpc) is 2.96. The fraction of sp³-hybridized carbons (Fsp3) is 0.538. The van der Waals surface area contributed by atoms with Crippen molar-refractivity contribution < 1.29 is 0 Å². The largest absolute Gasteiger partial charge is 0.338 e. The van der Waals surface area contributed by atoms with E-state index in [2.05, 4.69) is 27.7 Å². The minimum atomic E-state index is 0.211. The standard InChI is InChI=1S/C13H21N5/c1-3-11(14)8-12-9-18(10-16-12)6-4-13-15-5-7-17(13)2/h5,7,9-11H,3-4,6,8,14H2,1-2H3. The summed E-state index contributed by atoms with van der Waals surface area (Å²) in [6.45, 7) is 3.00. The van der Waals surface area contributed by atoms with Gasteiger partial charge in [0.15, 0.2) is 0 Å². The van der Waals surface area contributed by atoms with Gasteiger partial charge < -0.3 is 14.9 Å². The number of nitrogens with zero attached hydrogens (tertiary/aromatic N) is 4. The molecule has 0 aliphatic heterocycles. The van der Waals surface area contributed by atoms with Crippen LogP contribution in [0.25, 0.3) is 0 Å². The third kappa shape index (κ3) is 3.20. The van der Waals surface area contributed by atoms with Crippen LogP contribution >= 0.6 is 0 Å². The van der Waals surface area contributed by atoms with Crippen LogP contribution in [0.4, 0.5) is 0 Å². The molecule has 0 saturated heterocycles. The van der Waals surface area contributed by atoms with Crippen molar-refractivity contribution in [2.24, 2.45) is 12.8 Å². The second-order valence-electron chi connectivity index (χ2n) is 4.68. The molecule has 0 spiro atoms. The molecule has 2 rings (SSSR count). The number of aryl methyl sites for hydroxylation is 3. The van der Waals surface area contributed by atoms with Crippen LogP contribution in [0.2, 0.25) is 0 Å². The van der Waals surface area contributed by atoms with Crippen molar-refractivity contribution in [1.29, 1.82) is 0 Å². The third-order valence-corrected chi connectivity index (χ3v) is 3.20. The second-order valence-corrected chi connectivity index (χ2v) is 4.68. The van der Waals surface area contributed by atoms with Crippen molar-refractivity contribution in [1.82, 2.24) is 19.1 Å². The Kier molecular flexibility index (Phi) is 4.15. The molecule has 0 aromatic carbocycles. The van der Waals surface area contributed by atoms with Gasteiger partial charge >= 0.3 is 0 Å². The van der Waals surface area contributed by atoms with Gasteiger partial charge in [-0.05, 0) is 6.42 Å². The molecule has 0 radical (unpaired) electrons. The minimum absolute atomic E-state index is 0.211. The average molecular weight is 247 g/mol. The van der Waals surface area contributed by atoms with E-state index < -0.39 is 0 Å². The summed E-state index contributed by atoms with van der Waals surface area (Å²) in [5, 5.41) is 0. The van der Waals surface area contributed by atoms with Crippen molar-refractivity contribution in [3.05, 3.63) is 36.4 Å². The highest BCUT2D eigenvalue weighted by Gasteiger charge is 2.05. The number of imidazole rings is 2. The second kappa shape index (κ2) is 5.82. The molecule has 5 nitrogen and oxygen atoms in total. The summed E-state index contributed by atoms with van der Waals surface area (Å²) in [7, 11) is 2.02. The van der Waals surface area contributed by atoms with Gasteiger partial charge in [-0.25, -0.2) is 9.97 Å². The first-order chi connectivity index (χ1) is 8.69. The fourth-order valence-electron chi connectivity index (χ4n) is 1.91. The van der Waals surface area contributed by atoms with Crippen LogP contribution in [0.1, 0.15) is 24.9 Å². The van der Waals surface area contributed by atoms with E-state index in [4.69, 9.17) is 5.73 Å². The molecule has 1 unspecified atom stereocenters. The summed E-state index contributed by atoms with van der Waals surface area (Å²) in [5.74, 6) is 1.09. The molecule has 18 heavy (non-hydrogen) atoms. The van der Waals surface area contributed by atoms with Crippen LogP contribution in [-0.2, 0) is 26.4 Å². The summed E-state index contributed by atoms with van der Waals surface area (Å²) < 4.78 is 4.15. The summed E-state index contributed by atoms with van der Waals surface area (Å²) in [6, 6.07) is 0.211. The lowest BCUT2D eigenvalue weighted by atomic mass is 10.1. The zero-order valence-corrected chi connectivity index (χ0v) is 11.1. The fourth-order valence-corrected chi connectivity index (χ4v) is 1.91. The van der Waals surface area contributed by atoms with E-state index in [1.807, 2.05) is 30.3 Å². The molecule has 2 aromatic rings. The summed E-state index contributed by atoms with van der Waals surface area (Å²) >= 11 is 0. The van der Waals surface area contributed by atoms with E-state index >= 15 is 0 Å². The van der Waals surface area contributed by atoms with Gasteiger partial charge in [0.1, 0.15) is 5.82 Å². The van der Waals surface area contributed by atoms with Crippen LogP contribution in [0, 0.1) is 0 Å². The Balaban J connectivity index is 1.89. The van der Waals surface area contributed by atoms with Gasteiger partial charge in [-0.15, -0.1) is 0 Å². The highest BCUT2D eigenvalue weighted by molar-refractivity contribution is 5.00. The summed E-state index contributed by atoms with van der Waals surface area (Å²) in [6.07, 6.45) is 10.5. The number of hydrogen-bond acceptors (Lipinski definition) is 3. The Labute approximate surface area is 108 Å². The maximum absolute atomic E-state index is 5.92. The van der Waals surface area contributed by atoms with Crippen molar-refractivity contribution in [2.75, 3.05) is 0 Å². The third-order valence-electron chi connectivity index (χ3n) is 3.20. The number of hydrogen-bond donors (Lipinski definition) is 1. The lowest BCUT2D eigenvalue weighted by molar-refractivity contribution is 0.633. The van der Waals surface area contributed by atoms with Crippen molar-refractivity contribution in [3.63, 3.8) is 0 Å². The maximum Gasteiger partial charge on any atom is 0.110 e. The molecule has 2 aromatic heterocycles. The maximum atomic E-state index is 5.92. The SMILES string of the molecule is CCC(N)Cc1cn(CCc2nccn2C)cn1. The van der Waals surface area contributed by atoms with Gasteiger partial charge in [0.25, 0.3) is 0 Å². The molecule has 5 heteroatoms. The first-order valence-electron chi connectivity index (χ1n) is 6.41. The van der Waals surface area contributed by atoms with E-state index in [0.29, 0.717) is 0 Å². The van der Waals surface area contributed by atoms with Crippen LogP contribution in [0.15, 0.2) is 24.9 Å². The van der Waals surface area contributed by atoms with E-state index in [-0.39, 0.29) is 6.04 Å². The predicted octanol–water partition coefficient (Wildman–Crippen LogP) is 1.14. The van der Waals surface area contributed by atoms with Gasteiger partial charge in [0.05, 0.1) is 12.0 Å². The Morgan fingerprint density at radius 2 is 2.22 bits per heavy atom. The minimum Gasteiger partial charge on any atom is -0.338 e. The van der Waals surface area contributed by atoms with Crippen molar-refractivity contribution in [2.45, 2.75) is 38.8 Å². The topological polar surface area (TPSA) is 61.7 Å². The monoisotopic (exact) mass is 247 g/mol. The van der Waals surface area contributed by atoms with Crippen molar-refractivity contribution >= 4 is 0 Å². The first-order valence-corrected chi connectivity index (χ1v) is 6.41. The molecular weight excluding hydrogens is 226 g/mol. The Hall–Kier alpha value is -1.62. The van der Waals surface area contributed by atoms with Crippen LogP contribution in [-0.4, -0.2) is 25.1 Å². The van der Waals surface area contributed by atoms with Gasteiger partial charge in [-0.3, -0.25) is 0 Å². The Morgan fingerprint density at radius 1 is 1.39 bits per heavy atom. The summed E-state index contributed by atoms with van der Waals surface area (Å²) in [5.41, 5.74) is 7.00. The number of rotatable bonds is 6. The molecule has 0 fully saturated rings. The van der Waals surface area contributed by atoms with Gasteiger partial charge in [-0.1, -0.05) is 6.92 Å². The lowest BCUT2D eigenvalue weighted by Crippen LogP contribution is -2.21. The van der Waals surface area contributed by atoms with E-state index in [9.17, 15) is 0 Å². The van der Waals surface area contributed by atoms with Crippen molar-refractivity contribution in [3.8, 4) is 0 Å². The molecule has 98 valence electrons. The van der Waals surface area contributed by atoms with E-state index in [1.54, 1.807) is 0 Å². The first kappa shape index (κ1) is 12.8. The molecule has 0 bridgehead atoms. The quantitative estimate of drug-likeness (QED) is 0.832. The molecule has 2 N–H and O–H groups in total. The molecule has 2 heterocycles. The molecule has 0 aliphatic carbocycles. The van der Waals surface area contributed by atoms with E-state index in [1.165, 1.54) is 0 Å². The molecule has 1 atom stereocenters. The lowest BCUT2D eigenvalue weighted by Gasteiger charge is -2.05. The zero-order valence-electron chi connectivity index (χ0n) is 11.1. The number of nitrogens with two attached hydrogens (primary N) is 1. The van der Waals surface area contributed by atoms with Gasteiger partial charge in [0.2, 0.25) is 0 Å². The zero-order chi connectivity index (χ0) is 13.0. The van der Waals surface area contributed by atoms with Gasteiger partial charge in [0, 0.05) is 51.1 Å². The molecule has 0 aliphatic rings. The molecule has 0 saturated carbocycles. The van der Waals surface area contributed by atoms with Gasteiger partial charge in [-0.2, -0.15) is 0 Å². The predicted molar refractivity (Wildman–Crippen MR) is 71.1 cm³/mol. The summed E-state index contributed by atoms with van der Waals surface area (Å²) in [4.78, 5) is 8.69. The smallest absolute Gasteiger partial charge is 0.110 e. The molecular formula is C13H21N5. The number of aromatic nitrogens is 4. The highest BCUT2D eigenvalue weighted by Crippen LogP contribution is 2.04. The normalized spacial score (nSPS) is 12.8. The van der Waals surface area contributed by atoms with E-state index in [0.717, 1.165) is 37.3 Å². The highest BCUT2D eigenvalue weighted by atomic mass is 15.1. The van der Waals surface area contributed by atoms with Crippen LogP contribution in [0.3, 0.4) is 0 Å². The van der Waals surface area contributed by atoms with Crippen LogP contribution < -0.4 is 5.73 Å². The Morgan fingerprint density at radius 3 is 2.89 bits per heavy atom. The Bertz CT molecular complexity index is 485. The van der Waals surface area contributed by atoms with Crippen LogP contribution in [0.5, 0.6) is 0 Å².